The van der Waals surface area contributed by atoms with E-state index >= 15 is 0 Å². The lowest BCUT2D eigenvalue weighted by atomic mass is 9.93. The molecule has 1 saturated carbocycles. The monoisotopic (exact) mass is 580 g/mol. The Morgan fingerprint density at radius 3 is 1.71 bits per heavy atom. The molecule has 1 saturated heterocycles. The first kappa shape index (κ1) is 33.9. The largest absolute Gasteiger partial charge is 0.739 e. The van der Waals surface area contributed by atoms with Gasteiger partial charge in [-0.2, -0.15) is 0 Å². The number of quaternary nitrogens is 1. The molecule has 1 atom stereocenters. The molecule has 2 aromatic rings. The van der Waals surface area contributed by atoms with Crippen molar-refractivity contribution in [1.29, 1.82) is 0 Å². The maximum atomic E-state index is 11.4. The van der Waals surface area contributed by atoms with Gasteiger partial charge >= 0.3 is 0 Å². The first-order valence-electron chi connectivity index (χ1n) is 11.9. The number of hydroxylamine groups is 1. The van der Waals surface area contributed by atoms with Crippen LogP contribution in [0.4, 0.5) is 17.1 Å². The number of ether oxygens (including phenoxy) is 1. The Kier molecular flexibility index (Phi) is 15.0. The standard InChI is InChI=1S/C10H17N3O3.C6H6N4O4.C6H6N2O2.H3N/c14-11-13(15)10-4-2-1-3-9(10)12-5-7-16-8-6-12;11-7-9(13)5-1-2-6(4-3-5)10(14)8-12;9-7-8(10)6-4-2-1-3-5-6;/h10H,1-8H2;1-4,11-12H;1-5,9H;1H3/b13-11-;9-7-,10-8-;8-7-;. The third-order valence-corrected chi connectivity index (χ3v) is 5.81. The predicted octanol–water partition coefficient (Wildman–Crippen LogP) is 4.68. The van der Waals surface area contributed by atoms with E-state index in [1.54, 1.807) is 18.2 Å². The fourth-order valence-corrected chi connectivity index (χ4v) is 3.90. The molecule has 1 heterocycles. The van der Waals surface area contributed by atoms with E-state index in [0.29, 0.717) is 18.1 Å². The summed E-state index contributed by atoms with van der Waals surface area (Å²) in [6.45, 7) is 3.03. The first-order chi connectivity index (χ1) is 19.4. The van der Waals surface area contributed by atoms with Gasteiger partial charge in [0.05, 0.1) is 0 Å². The second kappa shape index (κ2) is 18.2. The molecule has 19 nitrogen and oxygen atoms in total. The van der Waals surface area contributed by atoms with Gasteiger partial charge in [-0.3, -0.25) is 0 Å². The minimum Gasteiger partial charge on any atom is -0.739 e. The minimum absolute atomic E-state index is 0. The van der Waals surface area contributed by atoms with Gasteiger partial charge in [-0.25, -0.2) is 4.58 Å². The van der Waals surface area contributed by atoms with Gasteiger partial charge in [0.25, 0.3) is 6.04 Å². The van der Waals surface area contributed by atoms with Crippen LogP contribution in [0.2, 0.25) is 0 Å². The highest BCUT2D eigenvalue weighted by atomic mass is 16.6. The van der Waals surface area contributed by atoms with Gasteiger partial charge in [-0.05, 0) is 33.1 Å². The van der Waals surface area contributed by atoms with Crippen LogP contribution in [0.25, 0.3) is 0 Å². The Labute approximate surface area is 233 Å². The fraction of sp³-hybridized carbons (Fsp3) is 0.409. The second-order valence-corrected chi connectivity index (χ2v) is 8.17. The average Bonchev–Trinajstić information content (AvgIpc) is 3.04. The molecule has 19 heteroatoms. The lowest BCUT2D eigenvalue weighted by Gasteiger charge is -2.22. The molecule has 4 rings (SSSR count). The predicted molar refractivity (Wildman–Crippen MR) is 140 cm³/mol. The van der Waals surface area contributed by atoms with Gasteiger partial charge in [0, 0.05) is 49.2 Å². The summed E-state index contributed by atoms with van der Waals surface area (Å²) in [5, 5.41) is 88.9. The van der Waals surface area contributed by atoms with Crippen LogP contribution in [0.5, 0.6) is 0 Å². The Balaban J connectivity index is 0.000000312. The second-order valence-electron chi connectivity index (χ2n) is 8.17. The van der Waals surface area contributed by atoms with Crippen molar-refractivity contribution in [2.75, 3.05) is 26.3 Å². The summed E-state index contributed by atoms with van der Waals surface area (Å²) in [5.41, 5.74) is 1.41. The lowest BCUT2D eigenvalue weighted by Crippen LogP contribution is -2.43. The van der Waals surface area contributed by atoms with E-state index in [2.05, 4.69) is 25.7 Å². The zero-order chi connectivity index (χ0) is 29.3. The van der Waals surface area contributed by atoms with Gasteiger partial charge in [-0.15, -0.1) is 0 Å². The van der Waals surface area contributed by atoms with Crippen LogP contribution in [0.15, 0.2) is 75.7 Å². The molecule has 0 radical (unpaired) electrons. The molecular weight excluding hydrogens is 548 g/mol. The molecule has 0 aromatic heterocycles. The van der Waals surface area contributed by atoms with Crippen molar-refractivity contribution in [3.63, 3.8) is 0 Å². The van der Waals surface area contributed by atoms with Crippen molar-refractivity contribution in [3.05, 3.63) is 85.8 Å². The van der Waals surface area contributed by atoms with Gasteiger partial charge < -0.3 is 52.5 Å². The van der Waals surface area contributed by atoms with E-state index < -0.39 is 0 Å². The Morgan fingerprint density at radius 2 is 1.24 bits per heavy atom. The highest BCUT2D eigenvalue weighted by molar-refractivity contribution is 5.84. The number of hydrogen-bond donors (Lipinski definition) is 3. The first-order valence-corrected chi connectivity index (χ1v) is 11.9. The normalized spacial score (nSPS) is 18.2. The highest BCUT2D eigenvalue weighted by Gasteiger charge is 2.35. The molecule has 0 bridgehead atoms. The molecule has 2 aliphatic rings. The van der Waals surface area contributed by atoms with E-state index in [1.165, 1.54) is 36.4 Å². The maximum absolute atomic E-state index is 11.4. The van der Waals surface area contributed by atoms with Crippen LogP contribution in [0, 0.1) is 31.2 Å². The number of benzene rings is 2. The van der Waals surface area contributed by atoms with Gasteiger partial charge in [-0.1, -0.05) is 27.9 Å². The summed E-state index contributed by atoms with van der Waals surface area (Å²) in [7, 11) is 0. The van der Waals surface area contributed by atoms with Crippen molar-refractivity contribution < 1.29 is 39.2 Å². The third-order valence-electron chi connectivity index (χ3n) is 5.81. The average molecular weight is 581 g/mol. The molecule has 41 heavy (non-hydrogen) atoms. The smallest absolute Gasteiger partial charge is 0.267 e. The summed E-state index contributed by atoms with van der Waals surface area (Å²) < 4.78 is 7.46. The number of nitrogens with zero attached hydrogens (tertiary/aromatic N) is 9. The third kappa shape index (κ3) is 10.5. The summed E-state index contributed by atoms with van der Waals surface area (Å²) >= 11 is 0. The van der Waals surface area contributed by atoms with Gasteiger partial charge in [0.1, 0.15) is 13.2 Å². The SMILES string of the molecule is [NH4+].[O-]/N=[N+](\[O-])C1CCCCC1=[N+]1CCOCC1.[O-]/N=[N+](\[O-])c1ccccc1.[O-]/[N+](=N\O)c1ccc(/[N+]([O-])=N/O)cc1. The zero-order valence-corrected chi connectivity index (χ0v) is 22.2. The van der Waals surface area contributed by atoms with Crippen LogP contribution in [-0.2, 0) is 4.74 Å². The molecule has 1 unspecified atom stereocenters. The van der Waals surface area contributed by atoms with E-state index in [0.717, 1.165) is 44.5 Å². The Bertz CT molecular complexity index is 1180. The topological polar surface area (TPSA) is 289 Å². The van der Waals surface area contributed by atoms with Crippen molar-refractivity contribution in [1.82, 2.24) is 6.15 Å². The highest BCUT2D eigenvalue weighted by Crippen LogP contribution is 2.19. The quantitative estimate of drug-likeness (QED) is 0.256. The number of rotatable bonds is 4. The van der Waals surface area contributed by atoms with E-state index in [4.69, 9.17) is 15.2 Å². The summed E-state index contributed by atoms with van der Waals surface area (Å²) in [6, 6.07) is 12.7. The molecule has 224 valence electrons. The van der Waals surface area contributed by atoms with E-state index in [9.17, 15) is 31.2 Å². The van der Waals surface area contributed by atoms with Crippen molar-refractivity contribution >= 4 is 22.8 Å². The van der Waals surface area contributed by atoms with Crippen molar-refractivity contribution in [2.24, 2.45) is 21.1 Å². The number of para-hydroxylation sites is 1. The minimum atomic E-state index is -0.343. The van der Waals surface area contributed by atoms with Gasteiger partial charge in [0.15, 0.2) is 13.1 Å². The van der Waals surface area contributed by atoms with Crippen LogP contribution in [0.3, 0.4) is 0 Å². The molecule has 6 N–H and O–H groups in total. The number of hydrogen-bond acceptors (Lipinski definition) is 11. The summed E-state index contributed by atoms with van der Waals surface area (Å²) in [4.78, 5) is 0.286. The summed E-state index contributed by atoms with van der Waals surface area (Å²) in [6.07, 6.45) is 3.73. The van der Waals surface area contributed by atoms with Crippen LogP contribution < -0.4 is 6.15 Å². The van der Waals surface area contributed by atoms with E-state index in [1.807, 2.05) is 0 Å². The molecule has 1 aliphatic heterocycles. The Morgan fingerprint density at radius 1 is 0.732 bits per heavy atom. The fourth-order valence-electron chi connectivity index (χ4n) is 3.90. The molecule has 0 spiro atoms. The zero-order valence-electron chi connectivity index (χ0n) is 22.2. The van der Waals surface area contributed by atoms with Crippen LogP contribution in [0.1, 0.15) is 25.7 Å². The van der Waals surface area contributed by atoms with E-state index in [-0.39, 0.29) is 43.8 Å². The lowest BCUT2D eigenvalue weighted by molar-refractivity contribution is -0.587. The van der Waals surface area contributed by atoms with Gasteiger partial charge in [0.2, 0.25) is 33.3 Å². The number of morpholine rings is 1. The Hall–Kier alpha value is -5.17. The van der Waals surface area contributed by atoms with Crippen LogP contribution in [-0.4, -0.2) is 72.5 Å². The molecular formula is C22H32N10O9. The molecule has 2 fully saturated rings. The molecule has 0 amide bonds. The van der Waals surface area contributed by atoms with Crippen molar-refractivity contribution in [2.45, 2.75) is 31.7 Å². The summed E-state index contributed by atoms with van der Waals surface area (Å²) in [5.74, 6) is 0. The van der Waals surface area contributed by atoms with Crippen LogP contribution >= 0.6 is 0 Å². The molecule has 1 aliphatic carbocycles. The maximum Gasteiger partial charge on any atom is 0.267 e. The van der Waals surface area contributed by atoms with Crippen molar-refractivity contribution in [3.8, 4) is 0 Å². The molecule has 2 aromatic carbocycles.